The van der Waals surface area contributed by atoms with E-state index >= 15 is 0 Å². The molecular formula is C14H15FIN3O2. The van der Waals surface area contributed by atoms with E-state index in [0.29, 0.717) is 20.8 Å². The van der Waals surface area contributed by atoms with Gasteiger partial charge >= 0.3 is 0 Å². The lowest BCUT2D eigenvalue weighted by Crippen LogP contribution is -2.24. The van der Waals surface area contributed by atoms with Crippen molar-refractivity contribution in [2.24, 2.45) is 0 Å². The van der Waals surface area contributed by atoms with Crippen molar-refractivity contribution < 1.29 is 13.7 Å². The minimum atomic E-state index is -0.371. The van der Waals surface area contributed by atoms with Gasteiger partial charge in [0.05, 0.1) is 12.1 Å². The molecule has 0 aliphatic carbocycles. The van der Waals surface area contributed by atoms with Gasteiger partial charge in [0, 0.05) is 8.99 Å². The quantitative estimate of drug-likeness (QED) is 0.801. The number of halogens is 2. The van der Waals surface area contributed by atoms with Gasteiger partial charge in [-0.3, -0.25) is 4.79 Å². The third-order valence-corrected chi connectivity index (χ3v) is 3.59. The van der Waals surface area contributed by atoms with Gasteiger partial charge < -0.3 is 9.84 Å². The fourth-order valence-corrected chi connectivity index (χ4v) is 2.28. The van der Waals surface area contributed by atoms with E-state index < -0.39 is 0 Å². The highest BCUT2D eigenvalue weighted by Gasteiger charge is 2.22. The van der Waals surface area contributed by atoms with Crippen molar-refractivity contribution in [3.8, 4) is 0 Å². The van der Waals surface area contributed by atoms with E-state index in [9.17, 15) is 9.18 Å². The van der Waals surface area contributed by atoms with E-state index in [4.69, 9.17) is 4.52 Å². The molecule has 0 atom stereocenters. The molecule has 1 aromatic carbocycles. The third-order valence-electron chi connectivity index (χ3n) is 2.69. The summed E-state index contributed by atoms with van der Waals surface area (Å²) in [5, 5.41) is 6.51. The van der Waals surface area contributed by atoms with Crippen LogP contribution in [0.1, 0.15) is 42.8 Å². The zero-order valence-electron chi connectivity index (χ0n) is 11.9. The molecule has 2 rings (SSSR count). The second-order valence-corrected chi connectivity index (χ2v) is 6.73. The van der Waals surface area contributed by atoms with Gasteiger partial charge in [0.2, 0.25) is 5.89 Å². The van der Waals surface area contributed by atoms with Gasteiger partial charge in [-0.2, -0.15) is 4.98 Å². The number of nitrogens with zero attached hydrogens (tertiary/aromatic N) is 2. The average Bonchev–Trinajstić information content (AvgIpc) is 2.84. The van der Waals surface area contributed by atoms with E-state index in [1.807, 2.05) is 43.4 Å². The summed E-state index contributed by atoms with van der Waals surface area (Å²) < 4.78 is 18.7. The lowest BCUT2D eigenvalue weighted by molar-refractivity contribution is 0.0948. The molecule has 0 spiro atoms. The van der Waals surface area contributed by atoms with E-state index in [-0.39, 0.29) is 23.7 Å². The maximum absolute atomic E-state index is 13.0. The molecule has 1 aromatic heterocycles. The summed E-state index contributed by atoms with van der Waals surface area (Å²) in [6.07, 6.45) is 0. The van der Waals surface area contributed by atoms with Crippen LogP contribution in [0.25, 0.3) is 0 Å². The number of carbonyl (C=O) groups is 1. The summed E-state index contributed by atoms with van der Waals surface area (Å²) >= 11 is 1.92. The number of benzene rings is 1. The Morgan fingerprint density at radius 2 is 2.14 bits per heavy atom. The molecule has 0 saturated heterocycles. The number of hydrogen-bond acceptors (Lipinski definition) is 4. The largest absolute Gasteiger partial charge is 0.345 e. The third kappa shape index (κ3) is 3.99. The molecule has 0 unspecified atom stereocenters. The van der Waals surface area contributed by atoms with Gasteiger partial charge in [0.1, 0.15) is 5.82 Å². The van der Waals surface area contributed by atoms with Crippen LogP contribution in [-0.4, -0.2) is 16.0 Å². The minimum Gasteiger partial charge on any atom is -0.345 e. The van der Waals surface area contributed by atoms with Gasteiger partial charge in [0.25, 0.3) is 5.91 Å². The van der Waals surface area contributed by atoms with Crippen LogP contribution in [0, 0.1) is 9.39 Å². The molecular weight excluding hydrogens is 388 g/mol. The van der Waals surface area contributed by atoms with Crippen LogP contribution in [0.2, 0.25) is 0 Å². The normalized spacial score (nSPS) is 11.5. The average molecular weight is 403 g/mol. The van der Waals surface area contributed by atoms with E-state index in [1.54, 1.807) is 0 Å². The van der Waals surface area contributed by atoms with Crippen molar-refractivity contribution in [2.45, 2.75) is 32.7 Å². The molecule has 0 fully saturated rings. The number of aromatic nitrogens is 2. The Morgan fingerprint density at radius 1 is 1.43 bits per heavy atom. The molecule has 112 valence electrons. The summed E-state index contributed by atoms with van der Waals surface area (Å²) in [7, 11) is 0. The van der Waals surface area contributed by atoms with Gasteiger partial charge in [-0.05, 0) is 40.8 Å². The molecule has 0 aliphatic heterocycles. The number of amides is 1. The molecule has 1 N–H and O–H groups in total. The predicted octanol–water partition coefficient (Wildman–Crippen LogP) is 3.04. The smallest absolute Gasteiger partial charge is 0.252 e. The van der Waals surface area contributed by atoms with Crippen LogP contribution < -0.4 is 5.32 Å². The summed E-state index contributed by atoms with van der Waals surface area (Å²) in [6, 6.07) is 4.01. The van der Waals surface area contributed by atoms with Crippen molar-refractivity contribution in [3.63, 3.8) is 0 Å². The first kappa shape index (κ1) is 15.9. The predicted molar refractivity (Wildman–Crippen MR) is 83.3 cm³/mol. The van der Waals surface area contributed by atoms with Crippen LogP contribution in [0.5, 0.6) is 0 Å². The SMILES string of the molecule is CC(C)(C)c1nc(CNC(=O)c2ccc(F)cc2I)no1. The lowest BCUT2D eigenvalue weighted by atomic mass is 9.97. The van der Waals surface area contributed by atoms with Gasteiger partial charge in [-0.25, -0.2) is 4.39 Å². The summed E-state index contributed by atoms with van der Waals surface area (Å²) in [5.41, 5.74) is 0.179. The Hall–Kier alpha value is -1.51. The van der Waals surface area contributed by atoms with Crippen molar-refractivity contribution in [2.75, 3.05) is 0 Å². The first-order valence-electron chi connectivity index (χ1n) is 6.33. The fraction of sp³-hybridized carbons (Fsp3) is 0.357. The van der Waals surface area contributed by atoms with Gasteiger partial charge in [-0.15, -0.1) is 0 Å². The highest BCUT2D eigenvalue weighted by atomic mass is 127. The Labute approximate surface area is 135 Å². The van der Waals surface area contributed by atoms with Crippen molar-refractivity contribution in [3.05, 3.63) is 44.9 Å². The molecule has 2 aromatic rings. The first-order valence-corrected chi connectivity index (χ1v) is 7.41. The minimum absolute atomic E-state index is 0.159. The highest BCUT2D eigenvalue weighted by molar-refractivity contribution is 14.1. The van der Waals surface area contributed by atoms with Crippen LogP contribution >= 0.6 is 22.6 Å². The zero-order valence-corrected chi connectivity index (χ0v) is 14.1. The van der Waals surface area contributed by atoms with Crippen molar-refractivity contribution >= 4 is 28.5 Å². The molecule has 21 heavy (non-hydrogen) atoms. The molecule has 0 aliphatic rings. The summed E-state index contributed by atoms with van der Waals surface area (Å²) in [6.45, 7) is 6.04. The Balaban J connectivity index is 2.03. The van der Waals surface area contributed by atoms with E-state index in [1.165, 1.54) is 18.2 Å². The molecule has 7 heteroatoms. The van der Waals surface area contributed by atoms with Crippen LogP contribution in [0.3, 0.4) is 0 Å². The van der Waals surface area contributed by atoms with E-state index in [2.05, 4.69) is 15.5 Å². The van der Waals surface area contributed by atoms with Crippen LogP contribution in [0.15, 0.2) is 22.7 Å². The molecule has 0 radical (unpaired) electrons. The van der Waals surface area contributed by atoms with Gasteiger partial charge in [-0.1, -0.05) is 25.9 Å². The van der Waals surface area contributed by atoms with Crippen LogP contribution in [0.4, 0.5) is 4.39 Å². The fourth-order valence-electron chi connectivity index (χ4n) is 1.56. The number of nitrogens with one attached hydrogen (secondary N) is 1. The second kappa shape index (κ2) is 6.08. The summed E-state index contributed by atoms with van der Waals surface area (Å²) in [5.74, 6) is 0.249. The molecule has 5 nitrogen and oxygen atoms in total. The summed E-state index contributed by atoms with van der Waals surface area (Å²) in [4.78, 5) is 16.3. The Kier molecular flexibility index (Phi) is 4.60. The zero-order chi connectivity index (χ0) is 15.6. The Bertz CT molecular complexity index is 664. The monoisotopic (exact) mass is 403 g/mol. The lowest BCUT2D eigenvalue weighted by Gasteiger charge is -2.10. The van der Waals surface area contributed by atoms with E-state index in [0.717, 1.165) is 0 Å². The Morgan fingerprint density at radius 3 is 2.71 bits per heavy atom. The van der Waals surface area contributed by atoms with Crippen LogP contribution in [-0.2, 0) is 12.0 Å². The standard InChI is InChI=1S/C14H15FIN3O2/c1-14(2,3)13-18-11(19-21-13)7-17-12(20)9-5-4-8(15)6-10(9)16/h4-6H,7H2,1-3H3,(H,17,20). The van der Waals surface area contributed by atoms with Gasteiger partial charge in [0.15, 0.2) is 5.82 Å². The maximum Gasteiger partial charge on any atom is 0.252 e. The number of hydrogen-bond donors (Lipinski definition) is 1. The molecule has 1 amide bonds. The molecule has 0 bridgehead atoms. The second-order valence-electron chi connectivity index (χ2n) is 5.57. The topological polar surface area (TPSA) is 68.0 Å². The first-order chi connectivity index (χ1) is 9.77. The van der Waals surface area contributed by atoms with Crippen molar-refractivity contribution in [1.82, 2.24) is 15.5 Å². The molecule has 1 heterocycles. The number of carbonyl (C=O) groups excluding carboxylic acids is 1. The maximum atomic E-state index is 13.0. The van der Waals surface area contributed by atoms with Crippen molar-refractivity contribution in [1.29, 1.82) is 0 Å². The highest BCUT2D eigenvalue weighted by Crippen LogP contribution is 2.19. The number of rotatable bonds is 3. The molecule has 0 saturated carbocycles.